The Balaban J connectivity index is 2.26. The summed E-state index contributed by atoms with van der Waals surface area (Å²) >= 11 is 11.9. The first-order valence-electron chi connectivity index (χ1n) is 6.08. The Kier molecular flexibility index (Phi) is 4.90. The lowest BCUT2D eigenvalue weighted by atomic mass is 10.1. The van der Waals surface area contributed by atoms with Crippen LogP contribution >= 0.6 is 23.2 Å². The van der Waals surface area contributed by atoms with Gasteiger partial charge in [0.15, 0.2) is 5.75 Å². The summed E-state index contributed by atoms with van der Waals surface area (Å²) in [5, 5.41) is 13.7. The molecule has 0 aliphatic heterocycles. The lowest BCUT2D eigenvalue weighted by molar-refractivity contribution is -0.255. The number of carbonyl (C=O) groups is 2. The summed E-state index contributed by atoms with van der Waals surface area (Å²) in [5.41, 5.74) is 0.494. The second-order valence-corrected chi connectivity index (χ2v) is 5.11. The fourth-order valence-electron chi connectivity index (χ4n) is 1.81. The summed E-state index contributed by atoms with van der Waals surface area (Å²) in [6, 6.07) is 8.52. The Morgan fingerprint density at radius 1 is 1.09 bits per heavy atom. The number of halogens is 2. The molecule has 0 aromatic heterocycles. The van der Waals surface area contributed by atoms with Crippen LogP contribution in [0.3, 0.4) is 0 Å². The molecule has 2 aromatic carbocycles. The normalized spacial score (nSPS) is 10.1. The van der Waals surface area contributed by atoms with Crippen molar-refractivity contribution in [3.63, 3.8) is 0 Å². The maximum atomic E-state index is 12.2. The van der Waals surface area contributed by atoms with Gasteiger partial charge in [0.05, 0.1) is 23.1 Å². The second-order valence-electron chi connectivity index (χ2n) is 4.30. The predicted molar refractivity (Wildman–Crippen MR) is 81.7 cm³/mol. The van der Waals surface area contributed by atoms with Crippen LogP contribution in [0.15, 0.2) is 36.4 Å². The average molecular weight is 339 g/mol. The number of ether oxygens (including phenoxy) is 1. The number of carboxylic acids is 1. The number of benzene rings is 2. The molecule has 5 nitrogen and oxygen atoms in total. The molecule has 0 fully saturated rings. The van der Waals surface area contributed by atoms with Gasteiger partial charge in [0.2, 0.25) is 0 Å². The van der Waals surface area contributed by atoms with Gasteiger partial charge in [0.1, 0.15) is 0 Å². The zero-order valence-electron chi connectivity index (χ0n) is 11.4. The first kappa shape index (κ1) is 16.1. The molecule has 22 heavy (non-hydrogen) atoms. The van der Waals surface area contributed by atoms with Crippen molar-refractivity contribution in [2.24, 2.45) is 0 Å². The number of methoxy groups -OCH3 is 1. The predicted octanol–water partition coefficient (Wildman–Crippen LogP) is 2.62. The molecule has 0 radical (unpaired) electrons. The molecule has 0 aliphatic carbocycles. The van der Waals surface area contributed by atoms with Gasteiger partial charge in [-0.15, -0.1) is 0 Å². The van der Waals surface area contributed by atoms with Gasteiger partial charge in [-0.3, -0.25) is 4.79 Å². The van der Waals surface area contributed by atoms with E-state index in [0.29, 0.717) is 5.69 Å². The fourth-order valence-corrected chi connectivity index (χ4v) is 2.45. The Morgan fingerprint density at radius 3 is 2.27 bits per heavy atom. The van der Waals surface area contributed by atoms with Crippen molar-refractivity contribution in [2.45, 2.75) is 0 Å². The highest BCUT2D eigenvalue weighted by Gasteiger charge is 2.13. The van der Waals surface area contributed by atoms with E-state index >= 15 is 0 Å². The summed E-state index contributed by atoms with van der Waals surface area (Å²) in [7, 11) is 1.41. The first-order valence-corrected chi connectivity index (χ1v) is 6.83. The molecular weight excluding hydrogens is 329 g/mol. The number of rotatable bonds is 4. The van der Waals surface area contributed by atoms with Crippen LogP contribution in [-0.4, -0.2) is 19.0 Å². The zero-order chi connectivity index (χ0) is 16.3. The number of carboxylic acid groups (broad SMARTS) is 1. The zero-order valence-corrected chi connectivity index (χ0v) is 12.9. The quantitative estimate of drug-likeness (QED) is 0.929. The van der Waals surface area contributed by atoms with Crippen molar-refractivity contribution in [1.82, 2.24) is 0 Å². The maximum Gasteiger partial charge on any atom is 0.255 e. The van der Waals surface area contributed by atoms with Gasteiger partial charge in [-0.2, -0.15) is 0 Å². The average Bonchev–Trinajstić information content (AvgIpc) is 2.47. The molecule has 7 heteroatoms. The van der Waals surface area contributed by atoms with Crippen molar-refractivity contribution in [2.75, 3.05) is 12.4 Å². The molecule has 0 aliphatic rings. The largest absolute Gasteiger partial charge is 0.545 e. The minimum absolute atomic E-state index is 0.0383. The first-order chi connectivity index (χ1) is 10.4. The van der Waals surface area contributed by atoms with E-state index in [9.17, 15) is 14.7 Å². The monoisotopic (exact) mass is 338 g/mol. The molecule has 2 aromatic rings. The van der Waals surface area contributed by atoms with Gasteiger partial charge >= 0.3 is 0 Å². The molecule has 1 N–H and O–H groups in total. The van der Waals surface area contributed by atoms with Crippen molar-refractivity contribution in [3.8, 4) is 5.75 Å². The third-order valence-electron chi connectivity index (χ3n) is 2.82. The highest BCUT2D eigenvalue weighted by molar-refractivity contribution is 6.37. The van der Waals surface area contributed by atoms with Crippen molar-refractivity contribution < 1.29 is 19.4 Å². The van der Waals surface area contributed by atoms with Crippen molar-refractivity contribution >= 4 is 40.8 Å². The summed E-state index contributed by atoms with van der Waals surface area (Å²) in [6.07, 6.45) is 0. The minimum atomic E-state index is -1.33. The van der Waals surface area contributed by atoms with Crippen LogP contribution < -0.4 is 15.2 Å². The number of hydrogen-bond acceptors (Lipinski definition) is 4. The van der Waals surface area contributed by atoms with Crippen LogP contribution in [0, 0.1) is 0 Å². The van der Waals surface area contributed by atoms with E-state index in [4.69, 9.17) is 27.9 Å². The molecule has 1 amide bonds. The van der Waals surface area contributed by atoms with Crippen LogP contribution in [0.25, 0.3) is 0 Å². The van der Waals surface area contributed by atoms with Crippen LogP contribution in [0.5, 0.6) is 5.75 Å². The molecule has 0 heterocycles. The van der Waals surface area contributed by atoms with E-state index in [-0.39, 0.29) is 26.9 Å². The molecule has 0 saturated carbocycles. The Morgan fingerprint density at radius 2 is 1.73 bits per heavy atom. The summed E-state index contributed by atoms with van der Waals surface area (Å²) in [4.78, 5) is 23.0. The van der Waals surface area contributed by atoms with E-state index in [1.54, 1.807) is 6.07 Å². The van der Waals surface area contributed by atoms with Gasteiger partial charge < -0.3 is 20.0 Å². The molecule has 0 unspecified atom stereocenters. The van der Waals surface area contributed by atoms with Gasteiger partial charge in [-0.05, 0) is 29.8 Å². The third-order valence-corrected chi connectivity index (χ3v) is 3.38. The number of anilines is 1. The molecule has 114 valence electrons. The van der Waals surface area contributed by atoms with Crippen molar-refractivity contribution in [1.29, 1.82) is 0 Å². The summed E-state index contributed by atoms with van der Waals surface area (Å²) < 4.78 is 5.00. The molecule has 2 rings (SSSR count). The topological polar surface area (TPSA) is 78.5 Å². The fraction of sp³-hybridized carbons (Fsp3) is 0.0667. The molecule has 0 saturated heterocycles. The van der Waals surface area contributed by atoms with E-state index in [1.807, 2.05) is 0 Å². The molecule has 0 bridgehead atoms. The number of nitrogens with one attached hydrogen (secondary N) is 1. The third kappa shape index (κ3) is 3.50. The Hall–Kier alpha value is -2.24. The number of hydrogen-bond donors (Lipinski definition) is 1. The van der Waals surface area contributed by atoms with E-state index in [2.05, 4.69) is 5.32 Å². The number of aromatic carboxylic acids is 1. The molecular formula is C15H10Cl2NO4-. The van der Waals surface area contributed by atoms with Crippen LogP contribution in [0.4, 0.5) is 5.69 Å². The number of amides is 1. The second kappa shape index (κ2) is 6.68. The SMILES string of the molecule is COc1c(Cl)cc(C(=O)Nc2cccc(C(=O)[O-])c2)cc1Cl. The van der Waals surface area contributed by atoms with Crippen LogP contribution in [0.1, 0.15) is 20.7 Å². The highest BCUT2D eigenvalue weighted by atomic mass is 35.5. The van der Waals surface area contributed by atoms with Crippen LogP contribution in [-0.2, 0) is 0 Å². The Labute approximate surface area is 136 Å². The summed E-state index contributed by atoms with van der Waals surface area (Å²) in [6.45, 7) is 0. The molecule has 0 atom stereocenters. The van der Waals surface area contributed by atoms with Gasteiger partial charge in [0, 0.05) is 11.3 Å². The minimum Gasteiger partial charge on any atom is -0.545 e. The Bertz CT molecular complexity index is 723. The molecule has 0 spiro atoms. The lowest BCUT2D eigenvalue weighted by Crippen LogP contribution is -2.22. The van der Waals surface area contributed by atoms with E-state index < -0.39 is 11.9 Å². The highest BCUT2D eigenvalue weighted by Crippen LogP contribution is 2.34. The smallest absolute Gasteiger partial charge is 0.255 e. The van der Waals surface area contributed by atoms with E-state index in [0.717, 1.165) is 0 Å². The maximum absolute atomic E-state index is 12.2. The standard InChI is InChI=1S/C15H11Cl2NO4/c1-22-13-11(16)6-9(7-12(13)17)14(19)18-10-4-2-3-8(5-10)15(20)21/h2-7H,1H3,(H,18,19)(H,20,21)/p-1. The number of carbonyl (C=O) groups excluding carboxylic acids is 2. The van der Waals surface area contributed by atoms with Crippen LogP contribution in [0.2, 0.25) is 10.0 Å². The van der Waals surface area contributed by atoms with Gasteiger partial charge in [-0.1, -0.05) is 35.3 Å². The van der Waals surface area contributed by atoms with E-state index in [1.165, 1.54) is 37.4 Å². The van der Waals surface area contributed by atoms with Crippen molar-refractivity contribution in [3.05, 3.63) is 57.6 Å². The van der Waals surface area contributed by atoms with Gasteiger partial charge in [-0.25, -0.2) is 0 Å². The lowest BCUT2D eigenvalue weighted by Gasteiger charge is -2.10. The summed E-state index contributed by atoms with van der Waals surface area (Å²) in [5.74, 6) is -1.53. The van der Waals surface area contributed by atoms with Gasteiger partial charge in [0.25, 0.3) is 5.91 Å².